The first-order valence-electron chi connectivity index (χ1n) is 12.1. The Hall–Kier alpha value is -4.40. The number of carbonyl (C=O) groups excluding carboxylic acids is 1. The van der Waals surface area contributed by atoms with Gasteiger partial charge < -0.3 is 10.2 Å². The predicted octanol–water partition coefficient (Wildman–Crippen LogP) is 3.95. The van der Waals surface area contributed by atoms with Crippen molar-refractivity contribution in [1.29, 1.82) is 5.26 Å². The molecule has 1 saturated heterocycles. The molecule has 196 valence electrons. The Morgan fingerprint density at radius 3 is 2.47 bits per heavy atom. The van der Waals surface area contributed by atoms with Crippen molar-refractivity contribution in [2.24, 2.45) is 13.0 Å². The summed E-state index contributed by atoms with van der Waals surface area (Å²) in [6.07, 6.45) is 5.19. The van der Waals surface area contributed by atoms with Crippen molar-refractivity contribution in [2.75, 3.05) is 18.0 Å². The van der Waals surface area contributed by atoms with Gasteiger partial charge in [-0.05, 0) is 38.0 Å². The van der Waals surface area contributed by atoms with Crippen LogP contribution in [-0.4, -0.2) is 55.6 Å². The van der Waals surface area contributed by atoms with Gasteiger partial charge in [0, 0.05) is 66.9 Å². The van der Waals surface area contributed by atoms with Crippen LogP contribution in [0.2, 0.25) is 0 Å². The van der Waals surface area contributed by atoms with Crippen molar-refractivity contribution in [1.82, 2.24) is 29.7 Å². The maximum absolute atomic E-state index is 12.8. The molecule has 1 N–H and O–H groups in total. The number of amides is 1. The van der Waals surface area contributed by atoms with Gasteiger partial charge in [-0.15, -0.1) is 0 Å². The van der Waals surface area contributed by atoms with E-state index >= 15 is 0 Å². The van der Waals surface area contributed by atoms with Gasteiger partial charge in [0.1, 0.15) is 17.9 Å². The fraction of sp³-hybridized carbons (Fsp3) is 0.346. The molecule has 1 amide bonds. The van der Waals surface area contributed by atoms with Crippen LogP contribution in [0, 0.1) is 17.2 Å². The lowest BCUT2D eigenvalue weighted by atomic mass is 9.95. The highest BCUT2D eigenvalue weighted by Crippen LogP contribution is 2.33. The number of anilines is 1. The number of nitriles is 1. The second kappa shape index (κ2) is 9.81. The van der Waals surface area contributed by atoms with Gasteiger partial charge in [0.15, 0.2) is 0 Å². The molecule has 5 heterocycles. The van der Waals surface area contributed by atoms with Crippen molar-refractivity contribution >= 4 is 17.2 Å². The standard InChI is InChI=1S/C26H25F3N8O/c1-16(26(27,28)29)34-25(38)17-5-7-36(8-6-17)23-4-3-18(11-31-23)22-9-19(21-13-32-35(2)14-21)15-37-24(22)20(10-30)12-33-37/h3-4,9,11-17H,5-8H2,1-2H3,(H,34,38). The minimum Gasteiger partial charge on any atom is -0.357 e. The van der Waals surface area contributed by atoms with Crippen LogP contribution in [0.1, 0.15) is 25.3 Å². The van der Waals surface area contributed by atoms with Crippen molar-refractivity contribution < 1.29 is 18.0 Å². The highest BCUT2D eigenvalue weighted by Gasteiger charge is 2.38. The molecule has 4 aromatic rings. The minimum atomic E-state index is -4.46. The number of alkyl halides is 3. The van der Waals surface area contributed by atoms with Crippen molar-refractivity contribution in [3.63, 3.8) is 0 Å². The zero-order valence-electron chi connectivity index (χ0n) is 20.8. The first-order chi connectivity index (χ1) is 18.1. The Kier molecular flexibility index (Phi) is 6.52. The van der Waals surface area contributed by atoms with Crippen molar-refractivity contribution in [2.45, 2.75) is 32.0 Å². The van der Waals surface area contributed by atoms with Gasteiger partial charge in [0.2, 0.25) is 5.91 Å². The molecule has 1 aliphatic rings. The molecule has 1 fully saturated rings. The van der Waals surface area contributed by atoms with Gasteiger partial charge >= 0.3 is 6.18 Å². The SMILES string of the molecule is CC(NC(=O)C1CCN(c2ccc(-c3cc(-c4cnn(C)c4)cn4ncc(C#N)c34)cn2)CC1)C(F)(F)F. The largest absolute Gasteiger partial charge is 0.408 e. The molecule has 0 aromatic carbocycles. The number of piperidine rings is 1. The maximum Gasteiger partial charge on any atom is 0.408 e. The highest BCUT2D eigenvalue weighted by molar-refractivity contribution is 5.87. The Labute approximate surface area is 216 Å². The predicted molar refractivity (Wildman–Crippen MR) is 134 cm³/mol. The minimum absolute atomic E-state index is 0.439. The van der Waals surface area contributed by atoms with E-state index in [4.69, 9.17) is 0 Å². The van der Waals surface area contributed by atoms with Crippen LogP contribution in [0.15, 0.2) is 49.2 Å². The van der Waals surface area contributed by atoms with Gasteiger partial charge in [-0.1, -0.05) is 0 Å². The topological polar surface area (TPSA) is 104 Å². The third-order valence-corrected chi connectivity index (χ3v) is 6.87. The van der Waals surface area contributed by atoms with E-state index in [1.807, 2.05) is 42.5 Å². The first-order valence-corrected chi connectivity index (χ1v) is 12.1. The smallest absolute Gasteiger partial charge is 0.357 e. The number of hydrogen-bond donors (Lipinski definition) is 1. The Balaban J connectivity index is 1.35. The van der Waals surface area contributed by atoms with Crippen molar-refractivity contribution in [3.8, 4) is 28.3 Å². The lowest BCUT2D eigenvalue weighted by Gasteiger charge is -2.32. The van der Waals surface area contributed by atoms with Crippen molar-refractivity contribution in [3.05, 3.63) is 54.7 Å². The van der Waals surface area contributed by atoms with Gasteiger partial charge in [0.05, 0.1) is 23.5 Å². The van der Waals surface area contributed by atoms with E-state index in [2.05, 4.69) is 26.6 Å². The highest BCUT2D eigenvalue weighted by atomic mass is 19.4. The lowest BCUT2D eigenvalue weighted by Crippen LogP contribution is -2.48. The van der Waals surface area contributed by atoms with Crippen LogP contribution in [0.25, 0.3) is 27.8 Å². The third-order valence-electron chi connectivity index (χ3n) is 6.87. The molecule has 1 atom stereocenters. The summed E-state index contributed by atoms with van der Waals surface area (Å²) in [6.45, 7) is 1.96. The van der Waals surface area contributed by atoms with Crippen LogP contribution >= 0.6 is 0 Å². The molecule has 0 bridgehead atoms. The Bertz CT molecular complexity index is 1510. The molecule has 0 radical (unpaired) electrons. The summed E-state index contributed by atoms with van der Waals surface area (Å²) in [5.41, 5.74) is 4.52. The lowest BCUT2D eigenvalue weighted by molar-refractivity contribution is -0.159. The summed E-state index contributed by atoms with van der Waals surface area (Å²) in [7, 11) is 1.84. The molecule has 0 saturated carbocycles. The summed E-state index contributed by atoms with van der Waals surface area (Å²) in [6, 6.07) is 6.10. The summed E-state index contributed by atoms with van der Waals surface area (Å²) < 4.78 is 41.7. The quantitative estimate of drug-likeness (QED) is 0.426. The summed E-state index contributed by atoms with van der Waals surface area (Å²) in [5.74, 6) is -0.320. The van der Waals surface area contributed by atoms with Gasteiger partial charge in [0.25, 0.3) is 0 Å². The maximum atomic E-state index is 12.8. The average molecular weight is 523 g/mol. The number of nitrogens with one attached hydrogen (secondary N) is 1. The van der Waals surface area contributed by atoms with Crippen LogP contribution in [0.3, 0.4) is 0 Å². The Morgan fingerprint density at radius 1 is 1.11 bits per heavy atom. The number of aromatic nitrogens is 5. The van der Waals surface area contributed by atoms with E-state index in [-0.39, 0.29) is 0 Å². The third kappa shape index (κ3) is 4.91. The average Bonchev–Trinajstić information content (AvgIpc) is 3.53. The Morgan fingerprint density at radius 2 is 1.87 bits per heavy atom. The van der Waals surface area contributed by atoms with E-state index in [1.54, 1.807) is 21.6 Å². The second-order valence-electron chi connectivity index (χ2n) is 9.45. The van der Waals surface area contributed by atoms with Crippen LogP contribution in [0.5, 0.6) is 0 Å². The normalized spacial score (nSPS) is 15.4. The fourth-order valence-electron chi connectivity index (χ4n) is 4.67. The van der Waals surface area contributed by atoms with E-state index < -0.39 is 24.0 Å². The van der Waals surface area contributed by atoms with E-state index in [1.165, 1.54) is 6.20 Å². The van der Waals surface area contributed by atoms with E-state index in [9.17, 15) is 23.2 Å². The van der Waals surface area contributed by atoms with Gasteiger partial charge in [-0.25, -0.2) is 9.50 Å². The van der Waals surface area contributed by atoms with Gasteiger partial charge in [-0.3, -0.25) is 9.48 Å². The number of carbonyl (C=O) groups is 1. The zero-order chi connectivity index (χ0) is 27.0. The number of halogens is 3. The molecule has 9 nitrogen and oxygen atoms in total. The van der Waals surface area contributed by atoms with E-state index in [0.29, 0.717) is 42.8 Å². The van der Waals surface area contributed by atoms with Crippen LogP contribution < -0.4 is 10.2 Å². The summed E-state index contributed by atoms with van der Waals surface area (Å²) >= 11 is 0. The molecular weight excluding hydrogens is 497 g/mol. The number of rotatable bonds is 5. The molecule has 5 rings (SSSR count). The number of fused-ring (bicyclic) bond motifs is 1. The molecule has 0 aliphatic carbocycles. The second-order valence-corrected chi connectivity index (χ2v) is 9.45. The summed E-state index contributed by atoms with van der Waals surface area (Å²) in [4.78, 5) is 18.9. The zero-order valence-corrected chi connectivity index (χ0v) is 20.8. The number of hydrogen-bond acceptors (Lipinski definition) is 6. The summed E-state index contributed by atoms with van der Waals surface area (Å²) in [5, 5.41) is 20.3. The molecule has 38 heavy (non-hydrogen) atoms. The monoisotopic (exact) mass is 522 g/mol. The van der Waals surface area contributed by atoms with Gasteiger partial charge in [-0.2, -0.15) is 28.6 Å². The molecule has 1 aliphatic heterocycles. The number of pyridine rings is 2. The fourth-order valence-corrected chi connectivity index (χ4v) is 4.67. The van der Waals surface area contributed by atoms with Crippen LogP contribution in [0.4, 0.5) is 19.0 Å². The number of aryl methyl sites for hydroxylation is 1. The number of nitrogens with zero attached hydrogens (tertiary/aromatic N) is 7. The first kappa shape index (κ1) is 25.3. The molecule has 0 spiro atoms. The van der Waals surface area contributed by atoms with Crippen LogP contribution in [-0.2, 0) is 11.8 Å². The molecule has 12 heteroatoms. The van der Waals surface area contributed by atoms with E-state index in [0.717, 1.165) is 29.2 Å². The molecule has 1 unspecified atom stereocenters. The molecular formula is C26H25F3N8O. The molecule has 4 aromatic heterocycles.